The molecule has 0 spiro atoms. The fourth-order valence-electron chi connectivity index (χ4n) is 3.58. The summed E-state index contributed by atoms with van der Waals surface area (Å²) in [5, 5.41) is 8.76. The van der Waals surface area contributed by atoms with Crippen molar-refractivity contribution in [3.63, 3.8) is 0 Å². The van der Waals surface area contributed by atoms with Gasteiger partial charge in [-0.25, -0.2) is 0 Å². The van der Waals surface area contributed by atoms with Crippen LogP contribution in [0.15, 0.2) is 48.5 Å². The molecule has 3 aromatic rings. The Bertz CT molecular complexity index is 964. The summed E-state index contributed by atoms with van der Waals surface area (Å²) in [5.41, 5.74) is 4.23. The van der Waals surface area contributed by atoms with Crippen molar-refractivity contribution in [3.8, 4) is 11.3 Å². The zero-order valence-electron chi connectivity index (χ0n) is 14.9. The standard InChI is InChI=1S/C21H19Cl2N3O/c1-2-3-12-26-20(14-6-10-16(23)11-7-14)17-18(24-25-19(17)21(26)27)13-4-8-15(22)9-5-13/h4-11,20H,2-3,12H2,1H3,(H,24,25). The first-order valence-corrected chi connectivity index (χ1v) is 9.76. The number of amides is 1. The van der Waals surface area contributed by atoms with Crippen LogP contribution in [0.1, 0.15) is 47.4 Å². The molecule has 0 saturated heterocycles. The van der Waals surface area contributed by atoms with Gasteiger partial charge in [-0.05, 0) is 36.2 Å². The predicted molar refractivity (Wildman–Crippen MR) is 108 cm³/mol. The third-order valence-electron chi connectivity index (χ3n) is 4.92. The molecule has 0 bridgehead atoms. The van der Waals surface area contributed by atoms with Gasteiger partial charge in [-0.3, -0.25) is 9.89 Å². The number of benzene rings is 2. The van der Waals surface area contributed by atoms with Gasteiger partial charge in [-0.15, -0.1) is 0 Å². The lowest BCUT2D eigenvalue weighted by Crippen LogP contribution is -2.30. The average Bonchev–Trinajstić information content (AvgIpc) is 3.21. The van der Waals surface area contributed by atoms with Crippen molar-refractivity contribution in [1.82, 2.24) is 15.1 Å². The lowest BCUT2D eigenvalue weighted by molar-refractivity contribution is 0.0741. The van der Waals surface area contributed by atoms with E-state index >= 15 is 0 Å². The van der Waals surface area contributed by atoms with E-state index in [2.05, 4.69) is 17.1 Å². The quantitative estimate of drug-likeness (QED) is 0.595. The molecule has 0 fully saturated rings. The highest BCUT2D eigenvalue weighted by Crippen LogP contribution is 2.43. The number of rotatable bonds is 5. The molecule has 1 amide bonds. The van der Waals surface area contributed by atoms with Crippen LogP contribution in [-0.4, -0.2) is 27.5 Å². The van der Waals surface area contributed by atoms with E-state index in [1.165, 1.54) is 0 Å². The van der Waals surface area contributed by atoms with Crippen LogP contribution in [0.25, 0.3) is 11.3 Å². The number of hydrogen-bond donors (Lipinski definition) is 1. The van der Waals surface area contributed by atoms with E-state index in [9.17, 15) is 4.79 Å². The van der Waals surface area contributed by atoms with E-state index in [0.29, 0.717) is 22.3 Å². The number of carbonyl (C=O) groups excluding carboxylic acids is 1. The van der Waals surface area contributed by atoms with Crippen LogP contribution >= 0.6 is 23.2 Å². The summed E-state index contributed by atoms with van der Waals surface area (Å²) >= 11 is 12.1. The molecule has 27 heavy (non-hydrogen) atoms. The van der Waals surface area contributed by atoms with Crippen LogP contribution in [0.5, 0.6) is 0 Å². The van der Waals surface area contributed by atoms with Crippen molar-refractivity contribution < 1.29 is 4.79 Å². The summed E-state index contributed by atoms with van der Waals surface area (Å²) in [6.07, 6.45) is 1.97. The van der Waals surface area contributed by atoms with Gasteiger partial charge in [0.15, 0.2) is 0 Å². The van der Waals surface area contributed by atoms with Gasteiger partial charge in [0.1, 0.15) is 5.69 Å². The van der Waals surface area contributed by atoms with Crippen molar-refractivity contribution in [2.75, 3.05) is 6.54 Å². The third-order valence-corrected chi connectivity index (χ3v) is 5.42. The Balaban J connectivity index is 1.84. The minimum Gasteiger partial charge on any atom is -0.326 e. The average molecular weight is 400 g/mol. The predicted octanol–water partition coefficient (Wildman–Crippen LogP) is 5.73. The maximum Gasteiger partial charge on any atom is 0.273 e. The van der Waals surface area contributed by atoms with Gasteiger partial charge in [0.25, 0.3) is 5.91 Å². The lowest BCUT2D eigenvalue weighted by Gasteiger charge is -2.26. The molecular formula is C21H19Cl2N3O. The zero-order chi connectivity index (χ0) is 19.0. The summed E-state index contributed by atoms with van der Waals surface area (Å²) in [7, 11) is 0. The Morgan fingerprint density at radius 2 is 1.67 bits per heavy atom. The Hall–Kier alpha value is -2.30. The number of hydrogen-bond acceptors (Lipinski definition) is 2. The number of H-pyrrole nitrogens is 1. The fraction of sp³-hybridized carbons (Fsp3) is 0.238. The molecule has 6 heteroatoms. The molecule has 138 valence electrons. The second kappa shape index (κ2) is 7.37. The van der Waals surface area contributed by atoms with Gasteiger partial charge in [0, 0.05) is 27.7 Å². The van der Waals surface area contributed by atoms with Crippen LogP contribution in [0.4, 0.5) is 0 Å². The molecule has 4 rings (SSSR count). The molecule has 1 atom stereocenters. The van der Waals surface area contributed by atoms with Crippen molar-refractivity contribution in [3.05, 3.63) is 75.4 Å². The second-order valence-corrected chi connectivity index (χ2v) is 7.55. The SMILES string of the molecule is CCCCN1C(=O)c2[nH]nc(-c3ccc(Cl)cc3)c2C1c1ccc(Cl)cc1. The second-order valence-electron chi connectivity index (χ2n) is 6.67. The molecule has 1 N–H and O–H groups in total. The molecule has 0 aliphatic carbocycles. The minimum absolute atomic E-state index is 0.00823. The van der Waals surface area contributed by atoms with E-state index in [1.807, 2.05) is 53.4 Å². The summed E-state index contributed by atoms with van der Waals surface area (Å²) in [6, 6.07) is 15.0. The number of aromatic nitrogens is 2. The highest BCUT2D eigenvalue weighted by atomic mass is 35.5. The maximum absolute atomic E-state index is 13.1. The number of carbonyl (C=O) groups is 1. The van der Waals surface area contributed by atoms with E-state index in [1.54, 1.807) is 0 Å². The normalized spacial score (nSPS) is 16.0. The van der Waals surface area contributed by atoms with Crippen molar-refractivity contribution in [2.45, 2.75) is 25.8 Å². The highest BCUT2D eigenvalue weighted by Gasteiger charge is 2.41. The molecule has 2 heterocycles. The zero-order valence-corrected chi connectivity index (χ0v) is 16.4. The summed E-state index contributed by atoms with van der Waals surface area (Å²) in [5.74, 6) is -0.00823. The largest absolute Gasteiger partial charge is 0.326 e. The Kier molecular flexibility index (Phi) is 4.94. The Morgan fingerprint density at radius 3 is 2.30 bits per heavy atom. The topological polar surface area (TPSA) is 49.0 Å². The van der Waals surface area contributed by atoms with Gasteiger partial charge in [-0.1, -0.05) is 60.8 Å². The first-order chi connectivity index (χ1) is 13.1. The highest BCUT2D eigenvalue weighted by molar-refractivity contribution is 6.30. The molecule has 2 aromatic carbocycles. The summed E-state index contributed by atoms with van der Waals surface area (Å²) in [4.78, 5) is 15.0. The summed E-state index contributed by atoms with van der Waals surface area (Å²) < 4.78 is 0. The Labute approximate surface area is 168 Å². The number of unbranched alkanes of at least 4 members (excludes halogenated alkanes) is 1. The van der Waals surface area contributed by atoms with E-state index in [0.717, 1.165) is 35.2 Å². The first-order valence-electron chi connectivity index (χ1n) is 9.00. The van der Waals surface area contributed by atoms with Gasteiger partial charge in [0.2, 0.25) is 0 Å². The van der Waals surface area contributed by atoms with Crippen molar-refractivity contribution >= 4 is 29.1 Å². The van der Waals surface area contributed by atoms with E-state index in [-0.39, 0.29) is 11.9 Å². The maximum atomic E-state index is 13.1. The number of nitrogens with zero attached hydrogens (tertiary/aromatic N) is 2. The molecule has 1 aliphatic heterocycles. The first kappa shape index (κ1) is 18.1. The van der Waals surface area contributed by atoms with Crippen LogP contribution in [0, 0.1) is 0 Å². The van der Waals surface area contributed by atoms with E-state index < -0.39 is 0 Å². The van der Waals surface area contributed by atoms with Gasteiger partial charge in [0.05, 0.1) is 11.7 Å². The number of nitrogens with one attached hydrogen (secondary N) is 1. The van der Waals surface area contributed by atoms with Gasteiger partial charge >= 0.3 is 0 Å². The monoisotopic (exact) mass is 399 g/mol. The number of halogens is 2. The van der Waals surface area contributed by atoms with Crippen LogP contribution in [0.2, 0.25) is 10.0 Å². The molecule has 0 radical (unpaired) electrons. The smallest absolute Gasteiger partial charge is 0.273 e. The molecule has 1 aliphatic rings. The molecule has 4 nitrogen and oxygen atoms in total. The van der Waals surface area contributed by atoms with Crippen LogP contribution in [-0.2, 0) is 0 Å². The number of aromatic amines is 1. The molecule has 1 aromatic heterocycles. The Morgan fingerprint density at radius 1 is 1.04 bits per heavy atom. The fourth-order valence-corrected chi connectivity index (χ4v) is 3.83. The number of fused-ring (bicyclic) bond motifs is 1. The molecular weight excluding hydrogens is 381 g/mol. The lowest BCUT2D eigenvalue weighted by atomic mass is 9.96. The third kappa shape index (κ3) is 3.24. The van der Waals surface area contributed by atoms with Crippen molar-refractivity contribution in [1.29, 1.82) is 0 Å². The van der Waals surface area contributed by atoms with Crippen molar-refractivity contribution in [2.24, 2.45) is 0 Å². The summed E-state index contributed by atoms with van der Waals surface area (Å²) in [6.45, 7) is 2.82. The van der Waals surface area contributed by atoms with Gasteiger partial charge < -0.3 is 4.90 Å². The minimum atomic E-state index is -0.180. The van der Waals surface area contributed by atoms with Gasteiger partial charge in [-0.2, -0.15) is 5.10 Å². The van der Waals surface area contributed by atoms with Crippen LogP contribution in [0.3, 0.4) is 0 Å². The molecule has 0 saturated carbocycles. The van der Waals surface area contributed by atoms with E-state index in [4.69, 9.17) is 23.2 Å². The van der Waals surface area contributed by atoms with Crippen LogP contribution < -0.4 is 0 Å². The molecule has 1 unspecified atom stereocenters.